The highest BCUT2D eigenvalue weighted by atomic mass is 32.2. The number of hydrogen-bond donors (Lipinski definition) is 3. The van der Waals surface area contributed by atoms with Gasteiger partial charge in [0.05, 0.1) is 5.69 Å². The van der Waals surface area contributed by atoms with E-state index in [1.807, 2.05) is 6.07 Å². The number of nitrogens with one attached hydrogen (secondary N) is 2. The third kappa shape index (κ3) is 3.08. The van der Waals surface area contributed by atoms with Gasteiger partial charge >= 0.3 is 0 Å². The number of rotatable bonds is 5. The molecule has 1 saturated carbocycles. The Balaban J connectivity index is 2.26. The van der Waals surface area contributed by atoms with Crippen molar-refractivity contribution in [3.05, 3.63) is 24.3 Å². The molecule has 1 aliphatic carbocycles. The molecule has 2 unspecified atom stereocenters. The lowest BCUT2D eigenvalue weighted by molar-refractivity contribution is 0.515. The van der Waals surface area contributed by atoms with Crippen LogP contribution in [-0.2, 0) is 10.0 Å². The van der Waals surface area contributed by atoms with Gasteiger partial charge in [0.25, 0.3) is 0 Å². The van der Waals surface area contributed by atoms with Crippen LogP contribution in [0, 0.1) is 5.92 Å². The second kappa shape index (κ2) is 5.90. The lowest BCUT2D eigenvalue weighted by Gasteiger charge is -2.22. The number of para-hydroxylation sites is 1. The molecule has 0 bridgehead atoms. The molecule has 0 aliphatic heterocycles. The van der Waals surface area contributed by atoms with Crippen molar-refractivity contribution in [1.29, 1.82) is 0 Å². The molecule has 5 nitrogen and oxygen atoms in total. The zero-order valence-electron chi connectivity index (χ0n) is 11.1. The van der Waals surface area contributed by atoms with E-state index < -0.39 is 10.0 Å². The summed E-state index contributed by atoms with van der Waals surface area (Å²) in [6.45, 7) is 0.638. The summed E-state index contributed by atoms with van der Waals surface area (Å²) < 4.78 is 26.3. The van der Waals surface area contributed by atoms with Crippen molar-refractivity contribution in [1.82, 2.24) is 4.72 Å². The van der Waals surface area contributed by atoms with E-state index >= 15 is 0 Å². The van der Waals surface area contributed by atoms with Gasteiger partial charge < -0.3 is 11.1 Å². The first-order chi connectivity index (χ1) is 9.08. The molecule has 0 saturated heterocycles. The molecule has 0 radical (unpaired) electrons. The molecule has 1 aliphatic rings. The van der Waals surface area contributed by atoms with Crippen molar-refractivity contribution in [3.8, 4) is 0 Å². The fraction of sp³-hybridized carbons (Fsp3) is 0.538. The largest absolute Gasteiger partial charge is 0.381 e. The zero-order valence-corrected chi connectivity index (χ0v) is 11.9. The molecule has 2 atom stereocenters. The summed E-state index contributed by atoms with van der Waals surface area (Å²) >= 11 is 0. The van der Waals surface area contributed by atoms with Gasteiger partial charge in [-0.15, -0.1) is 0 Å². The summed E-state index contributed by atoms with van der Waals surface area (Å²) in [6.07, 6.45) is 3.28. The maximum atomic E-state index is 12.0. The molecule has 2 rings (SSSR count). The predicted octanol–water partition coefficient (Wildman–Crippen LogP) is 1.13. The Bertz CT molecular complexity index is 530. The Morgan fingerprint density at radius 1 is 1.32 bits per heavy atom. The summed E-state index contributed by atoms with van der Waals surface area (Å²) in [5.74, 6) is 0.422. The topological polar surface area (TPSA) is 84.2 Å². The summed E-state index contributed by atoms with van der Waals surface area (Å²) in [5.41, 5.74) is 6.41. The lowest BCUT2D eigenvalue weighted by atomic mass is 10.0. The van der Waals surface area contributed by atoms with E-state index in [-0.39, 0.29) is 6.04 Å². The average molecular weight is 283 g/mol. The van der Waals surface area contributed by atoms with E-state index in [1.54, 1.807) is 18.2 Å². The molecule has 1 aromatic rings. The van der Waals surface area contributed by atoms with Gasteiger partial charge in [0.2, 0.25) is 10.0 Å². The SMILES string of the molecule is CNS(=O)(=O)c1ccccc1NC1CCCC1CN. The van der Waals surface area contributed by atoms with Gasteiger partial charge in [0.15, 0.2) is 0 Å². The Morgan fingerprint density at radius 2 is 2.05 bits per heavy atom. The zero-order chi connectivity index (χ0) is 13.9. The Labute approximate surface area is 114 Å². The van der Waals surface area contributed by atoms with E-state index in [4.69, 9.17) is 5.73 Å². The predicted molar refractivity (Wildman–Crippen MR) is 76.5 cm³/mol. The fourth-order valence-corrected chi connectivity index (χ4v) is 3.53. The molecular weight excluding hydrogens is 262 g/mol. The van der Waals surface area contributed by atoms with E-state index in [9.17, 15) is 8.42 Å². The van der Waals surface area contributed by atoms with E-state index in [0.717, 1.165) is 19.3 Å². The van der Waals surface area contributed by atoms with Gasteiger partial charge in [0, 0.05) is 6.04 Å². The average Bonchev–Trinajstić information content (AvgIpc) is 2.86. The maximum Gasteiger partial charge on any atom is 0.242 e. The van der Waals surface area contributed by atoms with Crippen molar-refractivity contribution in [2.45, 2.75) is 30.2 Å². The van der Waals surface area contributed by atoms with Crippen LogP contribution in [0.2, 0.25) is 0 Å². The van der Waals surface area contributed by atoms with E-state index in [0.29, 0.717) is 23.0 Å². The summed E-state index contributed by atoms with van der Waals surface area (Å²) in [5, 5.41) is 3.35. The van der Waals surface area contributed by atoms with Gasteiger partial charge in [-0.3, -0.25) is 0 Å². The van der Waals surface area contributed by atoms with Crippen LogP contribution in [0.3, 0.4) is 0 Å². The van der Waals surface area contributed by atoms with Crippen molar-refractivity contribution in [2.24, 2.45) is 11.7 Å². The van der Waals surface area contributed by atoms with Crippen LogP contribution in [0.5, 0.6) is 0 Å². The number of sulfonamides is 1. The second-order valence-electron chi connectivity index (χ2n) is 4.88. The fourth-order valence-electron chi connectivity index (χ4n) is 2.64. The first-order valence-electron chi connectivity index (χ1n) is 6.57. The molecule has 0 heterocycles. The number of nitrogens with two attached hydrogens (primary N) is 1. The maximum absolute atomic E-state index is 12.0. The molecule has 19 heavy (non-hydrogen) atoms. The highest BCUT2D eigenvalue weighted by molar-refractivity contribution is 7.89. The third-order valence-electron chi connectivity index (χ3n) is 3.75. The molecule has 6 heteroatoms. The molecule has 0 spiro atoms. The summed E-state index contributed by atoms with van der Waals surface area (Å²) in [6, 6.07) is 7.24. The minimum atomic E-state index is -3.44. The highest BCUT2D eigenvalue weighted by Gasteiger charge is 2.27. The standard InChI is InChI=1S/C13H21N3O2S/c1-15-19(17,18)13-8-3-2-6-12(13)16-11-7-4-5-10(11)9-14/h2-3,6,8,10-11,15-16H,4-5,7,9,14H2,1H3. The molecular formula is C13H21N3O2S. The van der Waals surface area contributed by atoms with Gasteiger partial charge in [-0.25, -0.2) is 13.1 Å². The van der Waals surface area contributed by atoms with Crippen molar-refractivity contribution < 1.29 is 8.42 Å². The minimum Gasteiger partial charge on any atom is -0.381 e. The van der Waals surface area contributed by atoms with Crippen LogP contribution in [0.4, 0.5) is 5.69 Å². The Kier molecular flexibility index (Phi) is 4.44. The molecule has 1 fully saturated rings. The van der Waals surface area contributed by atoms with Crippen LogP contribution >= 0.6 is 0 Å². The molecule has 0 aromatic heterocycles. The van der Waals surface area contributed by atoms with Crippen LogP contribution in [0.1, 0.15) is 19.3 Å². The van der Waals surface area contributed by atoms with Crippen molar-refractivity contribution in [3.63, 3.8) is 0 Å². The number of anilines is 1. The molecule has 4 N–H and O–H groups in total. The summed E-state index contributed by atoms with van der Waals surface area (Å²) in [7, 11) is -2.02. The molecule has 106 valence electrons. The Hall–Kier alpha value is -1.11. The minimum absolute atomic E-state index is 0.262. The highest BCUT2D eigenvalue weighted by Crippen LogP contribution is 2.30. The Morgan fingerprint density at radius 3 is 2.74 bits per heavy atom. The molecule has 0 amide bonds. The van der Waals surface area contributed by atoms with Crippen LogP contribution < -0.4 is 15.8 Å². The second-order valence-corrected chi connectivity index (χ2v) is 6.74. The first kappa shape index (κ1) is 14.3. The normalized spacial score (nSPS) is 23.5. The van der Waals surface area contributed by atoms with Crippen LogP contribution in [0.25, 0.3) is 0 Å². The monoisotopic (exact) mass is 283 g/mol. The summed E-state index contributed by atoms with van der Waals surface area (Å²) in [4.78, 5) is 0.292. The van der Waals surface area contributed by atoms with Crippen molar-refractivity contribution >= 4 is 15.7 Å². The van der Waals surface area contributed by atoms with Gasteiger partial charge in [0.1, 0.15) is 4.90 Å². The van der Waals surface area contributed by atoms with Crippen LogP contribution in [-0.4, -0.2) is 28.1 Å². The number of benzene rings is 1. The third-order valence-corrected chi connectivity index (χ3v) is 5.22. The van der Waals surface area contributed by atoms with Gasteiger partial charge in [-0.05, 0) is 44.5 Å². The quantitative estimate of drug-likeness (QED) is 0.756. The van der Waals surface area contributed by atoms with E-state index in [1.165, 1.54) is 7.05 Å². The van der Waals surface area contributed by atoms with Crippen molar-refractivity contribution in [2.75, 3.05) is 18.9 Å². The van der Waals surface area contributed by atoms with Gasteiger partial charge in [-0.2, -0.15) is 0 Å². The lowest BCUT2D eigenvalue weighted by Crippen LogP contribution is -2.30. The smallest absolute Gasteiger partial charge is 0.242 e. The molecule has 1 aromatic carbocycles. The number of hydrogen-bond acceptors (Lipinski definition) is 4. The van der Waals surface area contributed by atoms with Gasteiger partial charge in [-0.1, -0.05) is 18.6 Å². The van der Waals surface area contributed by atoms with E-state index in [2.05, 4.69) is 10.0 Å². The van der Waals surface area contributed by atoms with Crippen LogP contribution in [0.15, 0.2) is 29.2 Å². The first-order valence-corrected chi connectivity index (χ1v) is 8.06.